The predicted molar refractivity (Wildman–Crippen MR) is 80.0 cm³/mol. The van der Waals surface area contributed by atoms with E-state index in [1.165, 1.54) is 0 Å². The maximum Gasteiger partial charge on any atom is 0.323 e. The fourth-order valence-corrected chi connectivity index (χ4v) is 1.88. The number of ether oxygens (including phenoxy) is 2. The van der Waals surface area contributed by atoms with Crippen molar-refractivity contribution in [3.8, 4) is 5.75 Å². The summed E-state index contributed by atoms with van der Waals surface area (Å²) >= 11 is 0. The Kier molecular flexibility index (Phi) is 7.75. The van der Waals surface area contributed by atoms with Crippen LogP contribution in [0.3, 0.4) is 0 Å². The Labute approximate surface area is 125 Å². The minimum atomic E-state index is -0.419. The second-order valence-corrected chi connectivity index (χ2v) is 4.78. The van der Waals surface area contributed by atoms with E-state index < -0.39 is 6.04 Å². The van der Waals surface area contributed by atoms with E-state index in [9.17, 15) is 9.18 Å². The molecule has 1 atom stereocenters. The van der Waals surface area contributed by atoms with Crippen LogP contribution in [0.15, 0.2) is 18.2 Å². The van der Waals surface area contributed by atoms with Crippen LogP contribution in [0.4, 0.5) is 4.39 Å². The van der Waals surface area contributed by atoms with Crippen molar-refractivity contribution < 1.29 is 18.7 Å². The molecule has 118 valence electrons. The number of carbonyl (C=O) groups excluding carboxylic acids is 1. The van der Waals surface area contributed by atoms with E-state index >= 15 is 0 Å². The van der Waals surface area contributed by atoms with Gasteiger partial charge in [-0.3, -0.25) is 4.79 Å². The van der Waals surface area contributed by atoms with Crippen molar-refractivity contribution in [1.82, 2.24) is 5.32 Å². The van der Waals surface area contributed by atoms with Crippen LogP contribution in [0.25, 0.3) is 0 Å². The van der Waals surface area contributed by atoms with Crippen molar-refractivity contribution in [2.45, 2.75) is 39.7 Å². The molecule has 1 N–H and O–H groups in total. The Hall–Kier alpha value is -1.62. The molecule has 0 bridgehead atoms. The topological polar surface area (TPSA) is 47.6 Å². The van der Waals surface area contributed by atoms with Crippen LogP contribution in [0.1, 0.15) is 32.3 Å². The third kappa shape index (κ3) is 5.71. The highest BCUT2D eigenvalue weighted by molar-refractivity contribution is 5.75. The van der Waals surface area contributed by atoms with Crippen molar-refractivity contribution in [3.05, 3.63) is 29.6 Å². The number of esters is 1. The molecule has 1 rings (SSSR count). The molecule has 0 radical (unpaired) electrons. The molecule has 0 aliphatic heterocycles. The van der Waals surface area contributed by atoms with Gasteiger partial charge < -0.3 is 14.8 Å². The first kappa shape index (κ1) is 17.4. The first-order valence-corrected chi connectivity index (χ1v) is 7.38. The van der Waals surface area contributed by atoms with Crippen LogP contribution >= 0.6 is 0 Å². The van der Waals surface area contributed by atoms with Crippen molar-refractivity contribution in [2.75, 3.05) is 19.8 Å². The fraction of sp³-hybridized carbons (Fsp3) is 0.562. The SMILES string of the molecule is CCCNC(CCOc1cccc(C)c1F)C(=O)OCC. The zero-order chi connectivity index (χ0) is 15.7. The van der Waals surface area contributed by atoms with Gasteiger partial charge in [0.25, 0.3) is 0 Å². The number of benzene rings is 1. The molecular weight excluding hydrogens is 273 g/mol. The molecule has 0 aromatic heterocycles. The Bertz CT molecular complexity index is 451. The number of aryl methyl sites for hydroxylation is 1. The molecule has 0 amide bonds. The zero-order valence-corrected chi connectivity index (χ0v) is 12.9. The molecular formula is C16H24FNO3. The van der Waals surface area contributed by atoms with Gasteiger partial charge in [-0.05, 0) is 38.4 Å². The largest absolute Gasteiger partial charge is 0.490 e. The van der Waals surface area contributed by atoms with Crippen LogP contribution in [0.2, 0.25) is 0 Å². The third-order valence-electron chi connectivity index (χ3n) is 3.03. The van der Waals surface area contributed by atoms with Crippen molar-refractivity contribution in [2.24, 2.45) is 0 Å². The van der Waals surface area contributed by atoms with Crippen molar-refractivity contribution in [1.29, 1.82) is 0 Å². The minimum absolute atomic E-state index is 0.216. The summed E-state index contributed by atoms with van der Waals surface area (Å²) < 4.78 is 24.2. The molecule has 1 aromatic rings. The molecule has 21 heavy (non-hydrogen) atoms. The molecule has 1 aromatic carbocycles. The van der Waals surface area contributed by atoms with Gasteiger partial charge in [0.1, 0.15) is 6.04 Å². The highest BCUT2D eigenvalue weighted by Crippen LogP contribution is 2.19. The van der Waals surface area contributed by atoms with Crippen LogP contribution in [-0.2, 0) is 9.53 Å². The van der Waals surface area contributed by atoms with Gasteiger partial charge in [-0.2, -0.15) is 0 Å². The molecule has 0 heterocycles. The highest BCUT2D eigenvalue weighted by Gasteiger charge is 2.19. The summed E-state index contributed by atoms with van der Waals surface area (Å²) in [6.45, 7) is 6.80. The maximum atomic E-state index is 13.8. The molecule has 4 nitrogen and oxygen atoms in total. The second kappa shape index (κ2) is 9.34. The lowest BCUT2D eigenvalue weighted by molar-refractivity contribution is -0.146. The first-order valence-electron chi connectivity index (χ1n) is 7.38. The van der Waals surface area contributed by atoms with Gasteiger partial charge in [0, 0.05) is 6.42 Å². The van der Waals surface area contributed by atoms with Gasteiger partial charge in [0.2, 0.25) is 0 Å². The van der Waals surface area contributed by atoms with Crippen LogP contribution in [0.5, 0.6) is 5.75 Å². The van der Waals surface area contributed by atoms with Gasteiger partial charge in [0.05, 0.1) is 13.2 Å². The van der Waals surface area contributed by atoms with E-state index in [-0.39, 0.29) is 24.1 Å². The van der Waals surface area contributed by atoms with Gasteiger partial charge in [0.15, 0.2) is 11.6 Å². The first-order chi connectivity index (χ1) is 10.1. The van der Waals surface area contributed by atoms with E-state index in [1.54, 1.807) is 32.0 Å². The van der Waals surface area contributed by atoms with Crippen molar-refractivity contribution >= 4 is 5.97 Å². The highest BCUT2D eigenvalue weighted by atomic mass is 19.1. The predicted octanol–water partition coefficient (Wildman–Crippen LogP) is 2.83. The Balaban J connectivity index is 2.52. The second-order valence-electron chi connectivity index (χ2n) is 4.78. The maximum absolute atomic E-state index is 13.8. The number of rotatable bonds is 9. The summed E-state index contributed by atoms with van der Waals surface area (Å²) in [4.78, 5) is 11.8. The van der Waals surface area contributed by atoms with E-state index in [1.807, 2.05) is 6.92 Å². The third-order valence-corrected chi connectivity index (χ3v) is 3.03. The smallest absolute Gasteiger partial charge is 0.323 e. The van der Waals surface area contributed by atoms with Gasteiger partial charge in [-0.1, -0.05) is 19.1 Å². The summed E-state index contributed by atoms with van der Waals surface area (Å²) in [5.74, 6) is -0.431. The van der Waals surface area contributed by atoms with Crippen LogP contribution in [-0.4, -0.2) is 31.8 Å². The number of nitrogens with one attached hydrogen (secondary N) is 1. The van der Waals surface area contributed by atoms with Gasteiger partial charge in [-0.15, -0.1) is 0 Å². The molecule has 0 saturated heterocycles. The standard InChI is InChI=1S/C16H24FNO3/c1-4-10-18-13(16(19)20-5-2)9-11-21-14-8-6-7-12(3)15(14)17/h6-8,13,18H,4-5,9-11H2,1-3H3. The molecule has 0 fully saturated rings. The Morgan fingerprint density at radius 3 is 2.81 bits per heavy atom. The molecule has 0 saturated carbocycles. The Morgan fingerprint density at radius 2 is 2.14 bits per heavy atom. The molecule has 0 aliphatic rings. The van der Waals surface area contributed by atoms with Gasteiger partial charge in [-0.25, -0.2) is 4.39 Å². The van der Waals surface area contributed by atoms with E-state index in [0.717, 1.165) is 13.0 Å². The van der Waals surface area contributed by atoms with E-state index in [2.05, 4.69) is 5.32 Å². The van der Waals surface area contributed by atoms with Crippen LogP contribution < -0.4 is 10.1 Å². The quantitative estimate of drug-likeness (QED) is 0.712. The number of hydrogen-bond donors (Lipinski definition) is 1. The molecule has 5 heteroatoms. The normalized spacial score (nSPS) is 12.0. The summed E-state index contributed by atoms with van der Waals surface area (Å²) in [5.41, 5.74) is 0.540. The van der Waals surface area contributed by atoms with E-state index in [4.69, 9.17) is 9.47 Å². The van der Waals surface area contributed by atoms with Crippen molar-refractivity contribution in [3.63, 3.8) is 0 Å². The monoisotopic (exact) mass is 297 g/mol. The summed E-state index contributed by atoms with van der Waals surface area (Å²) in [6.07, 6.45) is 1.36. The number of carbonyl (C=O) groups is 1. The fourth-order valence-electron chi connectivity index (χ4n) is 1.88. The summed E-state index contributed by atoms with van der Waals surface area (Å²) in [5, 5.41) is 3.12. The molecule has 0 spiro atoms. The molecule has 0 aliphatic carbocycles. The zero-order valence-electron chi connectivity index (χ0n) is 12.9. The number of halogens is 1. The summed E-state index contributed by atoms with van der Waals surface area (Å²) in [6, 6.07) is 4.59. The lowest BCUT2D eigenvalue weighted by atomic mass is 10.2. The van der Waals surface area contributed by atoms with Gasteiger partial charge >= 0.3 is 5.97 Å². The lowest BCUT2D eigenvalue weighted by Gasteiger charge is -2.17. The Morgan fingerprint density at radius 1 is 1.38 bits per heavy atom. The average molecular weight is 297 g/mol. The summed E-state index contributed by atoms with van der Waals surface area (Å²) in [7, 11) is 0. The lowest BCUT2D eigenvalue weighted by Crippen LogP contribution is -2.39. The van der Waals surface area contributed by atoms with Crippen LogP contribution in [0, 0.1) is 12.7 Å². The average Bonchev–Trinajstić information content (AvgIpc) is 2.47. The number of hydrogen-bond acceptors (Lipinski definition) is 4. The minimum Gasteiger partial charge on any atom is -0.490 e. The molecule has 1 unspecified atom stereocenters. The van der Waals surface area contributed by atoms with E-state index in [0.29, 0.717) is 18.6 Å².